The van der Waals surface area contributed by atoms with E-state index in [1.165, 1.54) is 31.6 Å². The van der Waals surface area contributed by atoms with Crippen LogP contribution in [0.4, 0.5) is 29.7 Å². The number of hydrogen-bond donors (Lipinski definition) is 3. The summed E-state index contributed by atoms with van der Waals surface area (Å²) in [6.45, 7) is 0. The lowest BCUT2D eigenvalue weighted by molar-refractivity contribution is -0.141. The lowest BCUT2D eigenvalue weighted by Crippen LogP contribution is -2.19. The number of carbonyl (C=O) groups excluding carboxylic acids is 2. The molecule has 3 N–H and O–H groups in total. The summed E-state index contributed by atoms with van der Waals surface area (Å²) >= 11 is 0. The topological polar surface area (TPSA) is 131 Å². The van der Waals surface area contributed by atoms with Crippen LogP contribution >= 0.6 is 0 Å². The van der Waals surface area contributed by atoms with Crippen molar-refractivity contribution in [1.82, 2.24) is 20.3 Å². The molecule has 0 saturated carbocycles. The van der Waals surface area contributed by atoms with Crippen molar-refractivity contribution in [2.24, 2.45) is 0 Å². The van der Waals surface area contributed by atoms with Gasteiger partial charge in [-0.1, -0.05) is 0 Å². The van der Waals surface area contributed by atoms with Gasteiger partial charge in [0.05, 0.1) is 6.20 Å². The minimum Gasteiger partial charge on any atom is -0.457 e. The van der Waals surface area contributed by atoms with E-state index < -0.39 is 17.9 Å². The quantitative estimate of drug-likeness (QED) is 0.343. The highest BCUT2D eigenvalue weighted by atomic mass is 19.4. The van der Waals surface area contributed by atoms with Gasteiger partial charge in [-0.2, -0.15) is 13.2 Å². The van der Waals surface area contributed by atoms with Crippen molar-refractivity contribution in [3.8, 4) is 22.8 Å². The average molecular weight is 498 g/mol. The first-order valence-electron chi connectivity index (χ1n) is 10.2. The molecule has 0 spiro atoms. The highest BCUT2D eigenvalue weighted by molar-refractivity contribution is 5.98. The molecule has 10 nitrogen and oxygen atoms in total. The monoisotopic (exact) mass is 498 g/mol. The zero-order valence-electron chi connectivity index (χ0n) is 18.5. The van der Waals surface area contributed by atoms with Crippen LogP contribution < -0.4 is 20.7 Å². The van der Waals surface area contributed by atoms with E-state index in [1.54, 1.807) is 30.3 Å². The minimum absolute atomic E-state index is 0.128. The zero-order valence-corrected chi connectivity index (χ0v) is 18.5. The molecule has 3 heterocycles. The molecule has 1 aromatic carbocycles. The molecule has 0 fully saturated rings. The minimum atomic E-state index is -4.55. The number of alkyl halides is 3. The van der Waals surface area contributed by atoms with Crippen LogP contribution in [0.3, 0.4) is 0 Å². The van der Waals surface area contributed by atoms with Gasteiger partial charge in [0.1, 0.15) is 22.9 Å². The number of amides is 3. The number of carbonyl (C=O) groups is 2. The number of benzene rings is 1. The third kappa shape index (κ3) is 5.94. The Morgan fingerprint density at radius 2 is 1.69 bits per heavy atom. The number of anilines is 2. The van der Waals surface area contributed by atoms with Crippen molar-refractivity contribution in [3.63, 3.8) is 0 Å². The normalized spacial score (nSPS) is 11.0. The van der Waals surface area contributed by atoms with E-state index in [-0.39, 0.29) is 28.9 Å². The van der Waals surface area contributed by atoms with Crippen LogP contribution in [-0.4, -0.2) is 33.9 Å². The Balaban J connectivity index is 1.33. The van der Waals surface area contributed by atoms with Crippen molar-refractivity contribution in [2.75, 3.05) is 17.7 Å². The molecule has 0 aliphatic rings. The number of nitrogens with one attached hydrogen (secondary N) is 3. The number of pyridine rings is 2. The van der Waals surface area contributed by atoms with Gasteiger partial charge in [0, 0.05) is 36.8 Å². The standard InChI is InChI=1S/C23H17F3N6O4/c1-27-20(33)17-10-16(8-9-28-17)35-15-5-3-14(4-6-15)31-21(34)32-22-30-12-18(36-22)13-2-7-19(29-11-13)23(24,25)26/h2-12H,1H3,(H,27,33)(H2,30,31,32,34). The average Bonchev–Trinajstić information content (AvgIpc) is 3.32. The Labute approximate surface area is 201 Å². The second-order valence-corrected chi connectivity index (χ2v) is 7.12. The van der Waals surface area contributed by atoms with Crippen LogP contribution in [-0.2, 0) is 6.18 Å². The molecule has 184 valence electrons. The highest BCUT2D eigenvalue weighted by Gasteiger charge is 2.32. The molecule has 0 aliphatic carbocycles. The van der Waals surface area contributed by atoms with Crippen LogP contribution in [0.1, 0.15) is 16.2 Å². The smallest absolute Gasteiger partial charge is 0.433 e. The fourth-order valence-corrected chi connectivity index (χ4v) is 2.90. The molecule has 36 heavy (non-hydrogen) atoms. The van der Waals surface area contributed by atoms with Crippen molar-refractivity contribution in [1.29, 1.82) is 0 Å². The fourth-order valence-electron chi connectivity index (χ4n) is 2.90. The molecule has 0 atom stereocenters. The number of urea groups is 1. The third-order valence-corrected chi connectivity index (χ3v) is 4.60. The highest BCUT2D eigenvalue weighted by Crippen LogP contribution is 2.29. The van der Waals surface area contributed by atoms with Gasteiger partial charge < -0.3 is 19.8 Å². The number of aromatic nitrogens is 3. The van der Waals surface area contributed by atoms with Crippen LogP contribution in [0.2, 0.25) is 0 Å². The maximum absolute atomic E-state index is 12.6. The lowest BCUT2D eigenvalue weighted by atomic mass is 10.2. The van der Waals surface area contributed by atoms with E-state index in [4.69, 9.17) is 9.15 Å². The fraction of sp³-hybridized carbons (Fsp3) is 0.0870. The summed E-state index contributed by atoms with van der Waals surface area (Å²) in [5.74, 6) is 0.645. The third-order valence-electron chi connectivity index (χ3n) is 4.60. The summed E-state index contributed by atoms with van der Waals surface area (Å²) in [5, 5.41) is 7.45. The van der Waals surface area contributed by atoms with E-state index in [0.717, 1.165) is 12.3 Å². The van der Waals surface area contributed by atoms with E-state index in [1.807, 2.05) is 0 Å². The molecule has 3 amide bonds. The molecular weight excluding hydrogens is 481 g/mol. The number of rotatable bonds is 6. The molecule has 0 saturated heterocycles. The number of hydrogen-bond acceptors (Lipinski definition) is 7. The Kier molecular flexibility index (Phi) is 6.81. The molecule has 0 aliphatic heterocycles. The molecule has 4 aromatic rings. The first-order chi connectivity index (χ1) is 17.2. The second-order valence-electron chi connectivity index (χ2n) is 7.12. The Morgan fingerprint density at radius 1 is 0.917 bits per heavy atom. The maximum Gasteiger partial charge on any atom is 0.433 e. The summed E-state index contributed by atoms with van der Waals surface area (Å²) in [5.41, 5.74) is -0.140. The molecule has 4 rings (SSSR count). The summed E-state index contributed by atoms with van der Waals surface area (Å²) < 4.78 is 49.0. The number of halogens is 3. The molecule has 3 aromatic heterocycles. The largest absolute Gasteiger partial charge is 0.457 e. The van der Waals surface area contributed by atoms with Crippen LogP contribution in [0.5, 0.6) is 11.5 Å². The van der Waals surface area contributed by atoms with E-state index in [9.17, 15) is 22.8 Å². The van der Waals surface area contributed by atoms with E-state index in [2.05, 4.69) is 30.9 Å². The Hall–Kier alpha value is -4.94. The van der Waals surface area contributed by atoms with E-state index in [0.29, 0.717) is 17.2 Å². The first kappa shape index (κ1) is 24.2. The van der Waals surface area contributed by atoms with Gasteiger partial charge in [-0.05, 0) is 42.5 Å². The maximum atomic E-state index is 12.6. The zero-order chi connectivity index (χ0) is 25.7. The molecule has 0 bridgehead atoms. The van der Waals surface area contributed by atoms with Gasteiger partial charge in [-0.15, -0.1) is 0 Å². The molecule has 0 radical (unpaired) electrons. The summed E-state index contributed by atoms with van der Waals surface area (Å²) in [6, 6.07) is 10.7. The summed E-state index contributed by atoms with van der Waals surface area (Å²) in [7, 11) is 1.50. The van der Waals surface area contributed by atoms with E-state index >= 15 is 0 Å². The summed E-state index contributed by atoms with van der Waals surface area (Å²) in [6.07, 6.45) is -0.852. The summed E-state index contributed by atoms with van der Waals surface area (Å²) in [4.78, 5) is 35.1. The molecular formula is C23H17F3N6O4. The number of nitrogens with zero attached hydrogens (tertiary/aromatic N) is 3. The van der Waals surface area contributed by atoms with Crippen LogP contribution in [0.15, 0.2) is 71.5 Å². The van der Waals surface area contributed by atoms with Gasteiger partial charge in [0.15, 0.2) is 5.76 Å². The van der Waals surface area contributed by atoms with Crippen molar-refractivity contribution in [2.45, 2.75) is 6.18 Å². The van der Waals surface area contributed by atoms with Crippen molar-refractivity contribution in [3.05, 3.63) is 78.5 Å². The van der Waals surface area contributed by atoms with Crippen molar-refractivity contribution < 1.29 is 31.9 Å². The second kappa shape index (κ2) is 10.1. The Morgan fingerprint density at radius 3 is 2.36 bits per heavy atom. The molecule has 13 heteroatoms. The van der Waals surface area contributed by atoms with Crippen molar-refractivity contribution >= 4 is 23.6 Å². The van der Waals surface area contributed by atoms with Gasteiger partial charge in [-0.25, -0.2) is 9.78 Å². The SMILES string of the molecule is CNC(=O)c1cc(Oc2ccc(NC(=O)Nc3ncc(-c4ccc(C(F)(F)F)nc4)o3)cc2)ccn1. The Bertz CT molecular complexity index is 1370. The van der Waals surface area contributed by atoms with Gasteiger partial charge in [0.2, 0.25) is 0 Å². The first-order valence-corrected chi connectivity index (χ1v) is 10.2. The van der Waals surface area contributed by atoms with Crippen LogP contribution in [0, 0.1) is 0 Å². The predicted molar refractivity (Wildman–Crippen MR) is 122 cm³/mol. The predicted octanol–water partition coefficient (Wildman–Crippen LogP) is 4.95. The van der Waals surface area contributed by atoms with Gasteiger partial charge in [0.25, 0.3) is 5.91 Å². The lowest BCUT2D eigenvalue weighted by Gasteiger charge is -2.09. The van der Waals surface area contributed by atoms with Gasteiger partial charge in [-0.3, -0.25) is 20.1 Å². The van der Waals surface area contributed by atoms with Gasteiger partial charge >= 0.3 is 18.2 Å². The van der Waals surface area contributed by atoms with Crippen LogP contribution in [0.25, 0.3) is 11.3 Å². The molecule has 0 unspecified atom stereocenters. The number of oxazole rings is 1. The number of ether oxygens (including phenoxy) is 1.